The fourth-order valence-electron chi connectivity index (χ4n) is 2.15. The third-order valence-electron chi connectivity index (χ3n) is 3.35. The molecule has 2 N–H and O–H groups in total. The van der Waals surface area contributed by atoms with Crippen molar-refractivity contribution in [2.75, 3.05) is 6.54 Å². The summed E-state index contributed by atoms with van der Waals surface area (Å²) in [5.74, 6) is 0.570. The van der Waals surface area contributed by atoms with Gasteiger partial charge in [0, 0.05) is 24.2 Å². The van der Waals surface area contributed by atoms with Crippen molar-refractivity contribution in [3.05, 3.63) is 58.9 Å². The maximum atomic E-state index is 12.3. The van der Waals surface area contributed by atoms with Crippen molar-refractivity contribution in [3.8, 4) is 5.69 Å². The number of nitrogens with zero attached hydrogens (tertiary/aromatic N) is 4. The summed E-state index contributed by atoms with van der Waals surface area (Å²) < 4.78 is 1.66. The van der Waals surface area contributed by atoms with E-state index in [2.05, 4.69) is 25.6 Å². The number of rotatable bonds is 5. The number of hydrogen-bond acceptors (Lipinski definition) is 4. The summed E-state index contributed by atoms with van der Waals surface area (Å²) in [4.78, 5) is 16.3. The van der Waals surface area contributed by atoms with E-state index in [-0.39, 0.29) is 5.91 Å². The number of carbonyl (C=O) groups excluding carboxylic acids is 1. The van der Waals surface area contributed by atoms with Gasteiger partial charge in [-0.2, -0.15) is 10.2 Å². The Morgan fingerprint density at radius 1 is 1.35 bits per heavy atom. The van der Waals surface area contributed by atoms with Gasteiger partial charge in [0.1, 0.15) is 12.2 Å². The average molecular weight is 331 g/mol. The highest BCUT2D eigenvalue weighted by Crippen LogP contribution is 2.15. The Hall–Kier alpha value is -2.67. The molecule has 7 nitrogen and oxygen atoms in total. The highest BCUT2D eigenvalue weighted by Gasteiger charge is 2.14. The van der Waals surface area contributed by atoms with Crippen LogP contribution in [0.15, 0.2) is 36.8 Å². The fourth-order valence-corrected chi connectivity index (χ4v) is 2.28. The van der Waals surface area contributed by atoms with Gasteiger partial charge in [0.2, 0.25) is 0 Å². The highest BCUT2D eigenvalue weighted by atomic mass is 35.5. The highest BCUT2D eigenvalue weighted by molar-refractivity contribution is 6.30. The van der Waals surface area contributed by atoms with E-state index >= 15 is 0 Å². The number of aromatic amines is 1. The van der Waals surface area contributed by atoms with E-state index in [1.54, 1.807) is 29.9 Å². The van der Waals surface area contributed by atoms with Crippen LogP contribution in [0.1, 0.15) is 21.9 Å². The molecule has 3 aromatic rings. The van der Waals surface area contributed by atoms with Crippen molar-refractivity contribution in [2.45, 2.75) is 13.3 Å². The van der Waals surface area contributed by atoms with E-state index in [1.807, 2.05) is 12.1 Å². The third kappa shape index (κ3) is 3.57. The zero-order chi connectivity index (χ0) is 16.2. The summed E-state index contributed by atoms with van der Waals surface area (Å²) in [5.41, 5.74) is 2.05. The van der Waals surface area contributed by atoms with Crippen molar-refractivity contribution in [1.29, 1.82) is 0 Å². The van der Waals surface area contributed by atoms with Crippen molar-refractivity contribution in [3.63, 3.8) is 0 Å². The van der Waals surface area contributed by atoms with Crippen molar-refractivity contribution < 1.29 is 4.79 Å². The molecule has 0 unspecified atom stereocenters. The molecule has 0 saturated carbocycles. The SMILES string of the molecule is Cc1nn(-c2ccc(Cl)cc2)cc1C(=O)NCCc1ncn[nH]1. The van der Waals surface area contributed by atoms with Crippen molar-refractivity contribution in [2.24, 2.45) is 0 Å². The molecule has 23 heavy (non-hydrogen) atoms. The quantitative estimate of drug-likeness (QED) is 0.748. The third-order valence-corrected chi connectivity index (χ3v) is 3.60. The summed E-state index contributed by atoms with van der Waals surface area (Å²) in [6.45, 7) is 2.28. The van der Waals surface area contributed by atoms with E-state index in [0.717, 1.165) is 11.5 Å². The number of halogens is 1. The molecule has 1 aromatic carbocycles. The Kier molecular flexibility index (Phi) is 4.38. The topological polar surface area (TPSA) is 88.5 Å². The lowest BCUT2D eigenvalue weighted by atomic mass is 10.2. The Balaban J connectivity index is 1.67. The van der Waals surface area contributed by atoms with Crippen LogP contribution in [-0.2, 0) is 6.42 Å². The van der Waals surface area contributed by atoms with Gasteiger partial charge < -0.3 is 5.32 Å². The lowest BCUT2D eigenvalue weighted by Gasteiger charge is -2.02. The number of nitrogens with one attached hydrogen (secondary N) is 2. The van der Waals surface area contributed by atoms with Gasteiger partial charge >= 0.3 is 0 Å². The van der Waals surface area contributed by atoms with Crippen LogP contribution in [0.25, 0.3) is 5.69 Å². The summed E-state index contributed by atoms with van der Waals surface area (Å²) in [7, 11) is 0. The molecule has 2 aromatic heterocycles. The molecule has 3 rings (SSSR count). The minimum absolute atomic E-state index is 0.165. The Morgan fingerprint density at radius 2 is 2.13 bits per heavy atom. The molecule has 1 amide bonds. The number of benzene rings is 1. The molecule has 2 heterocycles. The van der Waals surface area contributed by atoms with Crippen LogP contribution >= 0.6 is 11.6 Å². The van der Waals surface area contributed by atoms with Gasteiger partial charge in [-0.3, -0.25) is 9.89 Å². The second kappa shape index (κ2) is 6.62. The first-order chi connectivity index (χ1) is 11.1. The van der Waals surface area contributed by atoms with Gasteiger partial charge in [-0.25, -0.2) is 9.67 Å². The first-order valence-corrected chi connectivity index (χ1v) is 7.46. The number of hydrogen-bond donors (Lipinski definition) is 2. The summed E-state index contributed by atoms with van der Waals surface area (Å²) in [6, 6.07) is 7.26. The van der Waals surface area contributed by atoms with Gasteiger partial charge in [-0.05, 0) is 31.2 Å². The van der Waals surface area contributed by atoms with Crippen LogP contribution in [0.5, 0.6) is 0 Å². The van der Waals surface area contributed by atoms with Crippen molar-refractivity contribution >= 4 is 17.5 Å². The van der Waals surface area contributed by atoms with Crippen LogP contribution in [0.3, 0.4) is 0 Å². The van der Waals surface area contributed by atoms with Crippen LogP contribution in [0, 0.1) is 6.92 Å². The first-order valence-electron chi connectivity index (χ1n) is 7.08. The number of aromatic nitrogens is 5. The molecular weight excluding hydrogens is 316 g/mol. The van der Waals surface area contributed by atoms with E-state index in [9.17, 15) is 4.79 Å². The van der Waals surface area contributed by atoms with Gasteiger partial charge in [0.25, 0.3) is 5.91 Å². The molecule has 0 radical (unpaired) electrons. The maximum absolute atomic E-state index is 12.3. The molecule has 0 aliphatic heterocycles. The van der Waals surface area contributed by atoms with Crippen LogP contribution in [0.4, 0.5) is 0 Å². The van der Waals surface area contributed by atoms with E-state index in [1.165, 1.54) is 6.33 Å². The molecule has 0 bridgehead atoms. The molecule has 118 valence electrons. The normalized spacial score (nSPS) is 10.7. The smallest absolute Gasteiger partial charge is 0.254 e. The zero-order valence-electron chi connectivity index (χ0n) is 12.5. The molecule has 0 spiro atoms. The van der Waals surface area contributed by atoms with Gasteiger partial charge in [-0.1, -0.05) is 11.6 Å². The van der Waals surface area contributed by atoms with Gasteiger partial charge in [-0.15, -0.1) is 0 Å². The number of H-pyrrole nitrogens is 1. The molecule has 0 aliphatic rings. The fraction of sp³-hybridized carbons (Fsp3) is 0.200. The molecule has 0 saturated heterocycles. The maximum Gasteiger partial charge on any atom is 0.254 e. The second-order valence-electron chi connectivity index (χ2n) is 4.99. The minimum Gasteiger partial charge on any atom is -0.351 e. The predicted molar refractivity (Wildman–Crippen MR) is 85.7 cm³/mol. The van der Waals surface area contributed by atoms with Crippen LogP contribution in [-0.4, -0.2) is 37.4 Å². The molecule has 8 heteroatoms. The molecular formula is C15H15ClN6O. The zero-order valence-corrected chi connectivity index (χ0v) is 13.2. The van der Waals surface area contributed by atoms with E-state index in [0.29, 0.717) is 29.2 Å². The van der Waals surface area contributed by atoms with Crippen molar-refractivity contribution in [1.82, 2.24) is 30.3 Å². The predicted octanol–water partition coefficient (Wildman–Crippen LogP) is 1.92. The van der Waals surface area contributed by atoms with Crippen LogP contribution in [0.2, 0.25) is 5.02 Å². The molecule has 0 fully saturated rings. The minimum atomic E-state index is -0.165. The second-order valence-corrected chi connectivity index (χ2v) is 5.42. The Morgan fingerprint density at radius 3 is 2.83 bits per heavy atom. The Labute approximate surface area is 137 Å². The lowest BCUT2D eigenvalue weighted by molar-refractivity contribution is 0.0953. The average Bonchev–Trinajstić information content (AvgIpc) is 3.17. The summed E-state index contributed by atoms with van der Waals surface area (Å²) in [6.07, 6.45) is 3.75. The number of aryl methyl sites for hydroxylation is 1. The molecule has 0 aliphatic carbocycles. The summed E-state index contributed by atoms with van der Waals surface area (Å²) >= 11 is 5.88. The largest absolute Gasteiger partial charge is 0.351 e. The van der Waals surface area contributed by atoms with Crippen LogP contribution < -0.4 is 5.32 Å². The first kappa shape index (κ1) is 15.2. The lowest BCUT2D eigenvalue weighted by Crippen LogP contribution is -2.26. The van der Waals surface area contributed by atoms with E-state index < -0.39 is 0 Å². The monoisotopic (exact) mass is 330 g/mol. The van der Waals surface area contributed by atoms with E-state index in [4.69, 9.17) is 11.6 Å². The summed E-state index contributed by atoms with van der Waals surface area (Å²) in [5, 5.41) is 14.4. The molecule has 0 atom stereocenters. The van der Waals surface area contributed by atoms with Gasteiger partial charge in [0.05, 0.1) is 16.9 Å². The van der Waals surface area contributed by atoms with Gasteiger partial charge in [0.15, 0.2) is 0 Å². The number of carbonyl (C=O) groups is 1. The standard InChI is InChI=1S/C15H15ClN6O/c1-10-13(15(23)17-7-6-14-18-9-19-20-14)8-22(21-10)12-4-2-11(16)3-5-12/h2-5,8-9H,6-7H2,1H3,(H,17,23)(H,18,19,20). The number of amides is 1. The Bertz CT molecular complexity index is 794.